The Hall–Kier alpha value is -1.41. The maximum atomic E-state index is 12.7. The molecule has 0 unspecified atom stereocenters. The topological polar surface area (TPSA) is 66.5 Å². The number of sulfonamides is 1. The minimum Gasteiger partial charge on any atom is -0.348 e. The first-order chi connectivity index (χ1) is 12.2. The third kappa shape index (κ3) is 5.30. The molecular formula is C18H20BrClN2O3S. The summed E-state index contributed by atoms with van der Waals surface area (Å²) < 4.78 is 27.4. The normalized spacial score (nSPS) is 12.8. The average molecular weight is 460 g/mol. The summed E-state index contributed by atoms with van der Waals surface area (Å²) in [5.41, 5.74) is 0.890. The molecule has 8 heteroatoms. The van der Waals surface area contributed by atoms with E-state index in [1.807, 2.05) is 19.1 Å². The summed E-state index contributed by atoms with van der Waals surface area (Å²) in [5, 5.41) is 3.43. The van der Waals surface area contributed by atoms with Gasteiger partial charge in [0.15, 0.2) is 0 Å². The van der Waals surface area contributed by atoms with Gasteiger partial charge in [-0.15, -0.1) is 0 Å². The van der Waals surface area contributed by atoms with Gasteiger partial charge in [-0.3, -0.25) is 4.79 Å². The molecule has 140 valence electrons. The first-order valence-corrected chi connectivity index (χ1v) is 10.7. The molecule has 0 aliphatic rings. The molecule has 0 fully saturated rings. The van der Waals surface area contributed by atoms with Crippen molar-refractivity contribution < 1.29 is 13.2 Å². The predicted molar refractivity (Wildman–Crippen MR) is 107 cm³/mol. The number of rotatable bonds is 7. The van der Waals surface area contributed by atoms with Gasteiger partial charge in [0, 0.05) is 16.0 Å². The van der Waals surface area contributed by atoms with Crippen LogP contribution >= 0.6 is 27.5 Å². The van der Waals surface area contributed by atoms with E-state index in [4.69, 9.17) is 11.6 Å². The first kappa shape index (κ1) is 20.9. The van der Waals surface area contributed by atoms with Gasteiger partial charge in [0.1, 0.15) is 0 Å². The van der Waals surface area contributed by atoms with Crippen molar-refractivity contribution in [3.8, 4) is 0 Å². The molecule has 1 N–H and O–H groups in total. The highest BCUT2D eigenvalue weighted by molar-refractivity contribution is 9.10. The Labute approximate surface area is 167 Å². The minimum absolute atomic E-state index is 0.154. The third-order valence-corrected chi connectivity index (χ3v) is 6.59. The number of likely N-dealkylation sites (N-methyl/N-ethyl adjacent to an activating group) is 1. The quantitative estimate of drug-likeness (QED) is 0.681. The van der Waals surface area contributed by atoms with E-state index in [1.54, 1.807) is 31.2 Å². The van der Waals surface area contributed by atoms with Crippen molar-refractivity contribution in [1.29, 1.82) is 0 Å². The molecule has 1 amide bonds. The van der Waals surface area contributed by atoms with Crippen molar-refractivity contribution in [2.45, 2.75) is 24.8 Å². The summed E-state index contributed by atoms with van der Waals surface area (Å²) in [7, 11) is -3.73. The van der Waals surface area contributed by atoms with E-state index in [-0.39, 0.29) is 29.9 Å². The molecule has 0 saturated heterocycles. The number of carbonyl (C=O) groups excluding carboxylic acids is 1. The van der Waals surface area contributed by atoms with Crippen molar-refractivity contribution in [2.75, 3.05) is 13.1 Å². The van der Waals surface area contributed by atoms with E-state index in [1.165, 1.54) is 12.1 Å². The minimum atomic E-state index is -3.73. The Balaban J connectivity index is 2.07. The zero-order valence-electron chi connectivity index (χ0n) is 14.4. The molecular weight excluding hydrogens is 440 g/mol. The molecule has 2 rings (SSSR count). The van der Waals surface area contributed by atoms with Gasteiger partial charge < -0.3 is 5.32 Å². The molecule has 0 radical (unpaired) electrons. The second-order valence-corrected chi connectivity index (χ2v) is 9.02. The van der Waals surface area contributed by atoms with Crippen molar-refractivity contribution >= 4 is 43.5 Å². The van der Waals surface area contributed by atoms with Gasteiger partial charge >= 0.3 is 0 Å². The summed E-state index contributed by atoms with van der Waals surface area (Å²) in [6.07, 6.45) is 0. The van der Waals surface area contributed by atoms with Crippen LogP contribution in [0.1, 0.15) is 25.5 Å². The summed E-state index contributed by atoms with van der Waals surface area (Å²) >= 11 is 9.14. The highest BCUT2D eigenvalue weighted by atomic mass is 79.9. The van der Waals surface area contributed by atoms with Gasteiger partial charge in [-0.05, 0) is 48.9 Å². The maximum absolute atomic E-state index is 12.7. The average Bonchev–Trinajstić information content (AvgIpc) is 2.60. The van der Waals surface area contributed by atoms with E-state index in [0.29, 0.717) is 5.02 Å². The van der Waals surface area contributed by atoms with Crippen molar-refractivity contribution in [2.24, 2.45) is 0 Å². The Morgan fingerprint density at radius 2 is 1.73 bits per heavy atom. The van der Waals surface area contributed by atoms with Crippen LogP contribution in [-0.2, 0) is 14.8 Å². The highest BCUT2D eigenvalue weighted by Gasteiger charge is 2.25. The Kier molecular flexibility index (Phi) is 7.23. The fraction of sp³-hybridized carbons (Fsp3) is 0.278. The SMILES string of the molecule is CCN(CC(=O)N[C@H](C)c1ccc(Cl)cc1)S(=O)(=O)c1ccc(Br)cc1. The van der Waals surface area contributed by atoms with Crippen molar-refractivity contribution in [3.63, 3.8) is 0 Å². The molecule has 26 heavy (non-hydrogen) atoms. The number of carbonyl (C=O) groups is 1. The zero-order chi connectivity index (χ0) is 19.3. The lowest BCUT2D eigenvalue weighted by atomic mass is 10.1. The van der Waals surface area contributed by atoms with Gasteiger partial charge in [-0.25, -0.2) is 8.42 Å². The highest BCUT2D eigenvalue weighted by Crippen LogP contribution is 2.19. The summed E-state index contributed by atoms with van der Waals surface area (Å²) in [4.78, 5) is 12.5. The molecule has 0 aromatic heterocycles. The number of benzene rings is 2. The number of nitrogens with one attached hydrogen (secondary N) is 1. The number of nitrogens with zero attached hydrogens (tertiary/aromatic N) is 1. The van der Waals surface area contributed by atoms with Gasteiger partial charge in [-0.2, -0.15) is 4.31 Å². The van der Waals surface area contributed by atoms with Gasteiger partial charge in [0.25, 0.3) is 0 Å². The zero-order valence-corrected chi connectivity index (χ0v) is 17.6. The van der Waals surface area contributed by atoms with Crippen LogP contribution in [0.25, 0.3) is 0 Å². The molecule has 2 aromatic rings. The summed E-state index contributed by atoms with van der Waals surface area (Å²) in [5.74, 6) is -0.366. The largest absolute Gasteiger partial charge is 0.348 e. The Morgan fingerprint density at radius 1 is 1.15 bits per heavy atom. The summed E-state index contributed by atoms with van der Waals surface area (Å²) in [6.45, 7) is 3.49. The Morgan fingerprint density at radius 3 is 2.27 bits per heavy atom. The van der Waals surface area contributed by atoms with Gasteiger partial charge in [0.2, 0.25) is 15.9 Å². The van der Waals surface area contributed by atoms with E-state index in [2.05, 4.69) is 21.2 Å². The van der Waals surface area contributed by atoms with Crippen LogP contribution in [0.3, 0.4) is 0 Å². The monoisotopic (exact) mass is 458 g/mol. The fourth-order valence-corrected chi connectivity index (χ4v) is 4.20. The second kappa shape index (κ2) is 8.99. The van der Waals surface area contributed by atoms with Crippen LogP contribution in [-0.4, -0.2) is 31.7 Å². The second-order valence-electron chi connectivity index (χ2n) is 5.73. The van der Waals surface area contributed by atoms with Crippen LogP contribution in [0.2, 0.25) is 5.02 Å². The predicted octanol–water partition coefficient (Wildman–Crippen LogP) is 3.99. The molecule has 2 aromatic carbocycles. The van der Waals surface area contributed by atoms with Crippen LogP contribution < -0.4 is 5.32 Å². The van der Waals surface area contributed by atoms with E-state index < -0.39 is 10.0 Å². The third-order valence-electron chi connectivity index (χ3n) is 3.87. The lowest BCUT2D eigenvalue weighted by Crippen LogP contribution is -2.41. The van der Waals surface area contributed by atoms with Crippen LogP contribution in [0.15, 0.2) is 57.9 Å². The van der Waals surface area contributed by atoms with Crippen LogP contribution in [0.5, 0.6) is 0 Å². The standard InChI is InChI=1S/C18H20BrClN2O3S/c1-3-22(26(24,25)17-10-6-15(19)7-11-17)12-18(23)21-13(2)14-4-8-16(20)9-5-14/h4-11,13H,3,12H2,1-2H3,(H,21,23)/t13-/m1/s1. The van der Waals surface area contributed by atoms with Crippen molar-refractivity contribution in [1.82, 2.24) is 9.62 Å². The lowest BCUT2D eigenvalue weighted by Gasteiger charge is -2.22. The molecule has 0 aliphatic heterocycles. The smallest absolute Gasteiger partial charge is 0.243 e. The number of hydrogen-bond donors (Lipinski definition) is 1. The van der Waals surface area contributed by atoms with Gasteiger partial charge in [-0.1, -0.05) is 46.6 Å². The molecule has 0 aliphatic carbocycles. The first-order valence-electron chi connectivity index (χ1n) is 8.04. The summed E-state index contributed by atoms with van der Waals surface area (Å²) in [6, 6.07) is 13.2. The van der Waals surface area contributed by atoms with E-state index >= 15 is 0 Å². The maximum Gasteiger partial charge on any atom is 0.243 e. The number of amides is 1. The number of halogens is 2. The molecule has 0 spiro atoms. The molecule has 5 nitrogen and oxygen atoms in total. The van der Waals surface area contributed by atoms with Crippen LogP contribution in [0, 0.1) is 0 Å². The van der Waals surface area contributed by atoms with Crippen LogP contribution in [0.4, 0.5) is 0 Å². The lowest BCUT2D eigenvalue weighted by molar-refractivity contribution is -0.121. The fourth-order valence-electron chi connectivity index (χ4n) is 2.40. The van der Waals surface area contributed by atoms with Gasteiger partial charge in [0.05, 0.1) is 17.5 Å². The molecule has 0 bridgehead atoms. The van der Waals surface area contributed by atoms with E-state index in [0.717, 1.165) is 14.3 Å². The molecule has 0 heterocycles. The van der Waals surface area contributed by atoms with E-state index in [9.17, 15) is 13.2 Å². The van der Waals surface area contributed by atoms with Crippen molar-refractivity contribution in [3.05, 3.63) is 63.6 Å². The molecule has 0 saturated carbocycles. The Bertz CT molecular complexity index is 855. The molecule has 1 atom stereocenters. The number of hydrogen-bond acceptors (Lipinski definition) is 3.